The second kappa shape index (κ2) is 6.20. The molecule has 0 aromatic carbocycles. The molecule has 2 amide bonds. The van der Waals surface area contributed by atoms with Crippen molar-refractivity contribution in [2.75, 3.05) is 6.54 Å². The topological polar surface area (TPSA) is 79.6 Å². The molecule has 120 valence electrons. The Bertz CT molecular complexity index is 689. The lowest BCUT2D eigenvalue weighted by atomic mass is 9.91. The molecule has 7 nitrogen and oxygen atoms in total. The summed E-state index contributed by atoms with van der Waals surface area (Å²) in [6.45, 7) is 3.10. The summed E-state index contributed by atoms with van der Waals surface area (Å²) in [6.07, 6.45) is 13.4. The lowest BCUT2D eigenvalue weighted by Gasteiger charge is -2.41. The van der Waals surface area contributed by atoms with Gasteiger partial charge in [0.15, 0.2) is 0 Å². The van der Waals surface area contributed by atoms with Crippen molar-refractivity contribution >= 4 is 17.6 Å². The van der Waals surface area contributed by atoms with Crippen LogP contribution in [-0.2, 0) is 16.1 Å². The van der Waals surface area contributed by atoms with E-state index in [2.05, 4.69) is 15.3 Å². The number of aromatic nitrogens is 2. The maximum absolute atomic E-state index is 12.6. The number of amides is 2. The average Bonchev–Trinajstić information content (AvgIpc) is 3.04. The van der Waals surface area contributed by atoms with Crippen LogP contribution in [0.4, 0.5) is 0 Å². The van der Waals surface area contributed by atoms with E-state index < -0.39 is 5.54 Å². The summed E-state index contributed by atoms with van der Waals surface area (Å²) in [6, 6.07) is 0. The molecular formula is C16H19N5O2. The molecule has 0 saturated carbocycles. The number of hydrogen-bond acceptors (Lipinski definition) is 4. The number of allylic oxidation sites excluding steroid dienone is 2. The second-order valence-electron chi connectivity index (χ2n) is 5.79. The van der Waals surface area contributed by atoms with Gasteiger partial charge in [-0.05, 0) is 25.5 Å². The van der Waals surface area contributed by atoms with Crippen molar-refractivity contribution in [1.82, 2.24) is 19.8 Å². The first kappa shape index (κ1) is 15.2. The fraction of sp³-hybridized carbons (Fsp3) is 0.375. The van der Waals surface area contributed by atoms with Crippen molar-refractivity contribution in [3.63, 3.8) is 0 Å². The fourth-order valence-electron chi connectivity index (χ4n) is 2.75. The van der Waals surface area contributed by atoms with Crippen LogP contribution < -0.4 is 5.32 Å². The molecule has 1 aromatic rings. The third kappa shape index (κ3) is 3.08. The molecule has 0 aliphatic carbocycles. The number of aryl methyl sites for hydroxylation is 1. The third-order valence-corrected chi connectivity index (χ3v) is 4.03. The minimum atomic E-state index is -0.940. The first-order valence-electron chi connectivity index (χ1n) is 7.59. The first-order chi connectivity index (χ1) is 11.1. The molecule has 23 heavy (non-hydrogen) atoms. The second-order valence-corrected chi connectivity index (χ2v) is 5.79. The predicted molar refractivity (Wildman–Crippen MR) is 85.4 cm³/mol. The highest BCUT2D eigenvalue weighted by Crippen LogP contribution is 2.28. The van der Waals surface area contributed by atoms with Gasteiger partial charge in [-0.15, -0.1) is 0 Å². The summed E-state index contributed by atoms with van der Waals surface area (Å²) in [5.41, 5.74) is -0.940. The molecule has 0 bridgehead atoms. The van der Waals surface area contributed by atoms with E-state index in [1.165, 1.54) is 0 Å². The summed E-state index contributed by atoms with van der Waals surface area (Å²) >= 11 is 0. The minimum Gasteiger partial charge on any atom is -0.354 e. The highest BCUT2D eigenvalue weighted by Gasteiger charge is 2.44. The Morgan fingerprint density at radius 2 is 2.30 bits per heavy atom. The van der Waals surface area contributed by atoms with Crippen molar-refractivity contribution in [3.8, 4) is 0 Å². The van der Waals surface area contributed by atoms with E-state index in [-0.39, 0.29) is 18.2 Å². The van der Waals surface area contributed by atoms with Crippen molar-refractivity contribution in [2.24, 2.45) is 4.99 Å². The number of amidine groups is 1. The quantitative estimate of drug-likeness (QED) is 0.818. The summed E-state index contributed by atoms with van der Waals surface area (Å²) in [4.78, 5) is 34.2. The van der Waals surface area contributed by atoms with Gasteiger partial charge in [0.25, 0.3) is 5.91 Å². The molecule has 7 heteroatoms. The summed E-state index contributed by atoms with van der Waals surface area (Å²) in [7, 11) is 0. The summed E-state index contributed by atoms with van der Waals surface area (Å²) in [5.74, 6) is 0.0795. The number of imidazole rings is 1. The number of nitrogens with zero attached hydrogens (tertiary/aromatic N) is 4. The first-order valence-corrected chi connectivity index (χ1v) is 7.59. The number of fused-ring (bicyclic) bond motifs is 1. The van der Waals surface area contributed by atoms with Gasteiger partial charge in [0, 0.05) is 31.7 Å². The maximum atomic E-state index is 12.6. The lowest BCUT2D eigenvalue weighted by Crippen LogP contribution is -2.60. The van der Waals surface area contributed by atoms with Crippen molar-refractivity contribution in [1.29, 1.82) is 0 Å². The number of nitrogens with one attached hydrogen (secondary N) is 1. The van der Waals surface area contributed by atoms with E-state index >= 15 is 0 Å². The van der Waals surface area contributed by atoms with Crippen LogP contribution in [-0.4, -0.2) is 44.2 Å². The molecule has 1 N–H and O–H groups in total. The molecule has 1 unspecified atom stereocenters. The van der Waals surface area contributed by atoms with Gasteiger partial charge in [-0.2, -0.15) is 4.99 Å². The molecule has 0 spiro atoms. The molecule has 0 radical (unpaired) electrons. The van der Waals surface area contributed by atoms with Gasteiger partial charge in [0.2, 0.25) is 5.91 Å². The Morgan fingerprint density at radius 3 is 3.09 bits per heavy atom. The molecule has 2 aliphatic rings. The normalized spacial score (nSPS) is 22.7. The maximum Gasteiger partial charge on any atom is 0.250 e. The van der Waals surface area contributed by atoms with E-state index in [4.69, 9.17) is 0 Å². The highest BCUT2D eigenvalue weighted by atomic mass is 16.2. The van der Waals surface area contributed by atoms with Crippen LogP contribution in [0.1, 0.15) is 19.8 Å². The number of carbonyl (C=O) groups is 2. The van der Waals surface area contributed by atoms with E-state index in [0.29, 0.717) is 12.4 Å². The van der Waals surface area contributed by atoms with E-state index in [1.807, 2.05) is 16.8 Å². The lowest BCUT2D eigenvalue weighted by molar-refractivity contribution is -0.134. The van der Waals surface area contributed by atoms with Crippen molar-refractivity contribution < 1.29 is 9.59 Å². The van der Waals surface area contributed by atoms with E-state index in [1.54, 1.807) is 42.7 Å². The summed E-state index contributed by atoms with van der Waals surface area (Å²) in [5, 5.41) is 2.93. The van der Waals surface area contributed by atoms with Gasteiger partial charge in [-0.3, -0.25) is 9.59 Å². The van der Waals surface area contributed by atoms with Crippen molar-refractivity contribution in [3.05, 3.63) is 43.1 Å². The van der Waals surface area contributed by atoms with Gasteiger partial charge < -0.3 is 14.8 Å². The highest BCUT2D eigenvalue weighted by molar-refractivity contribution is 6.09. The third-order valence-electron chi connectivity index (χ3n) is 4.03. The van der Waals surface area contributed by atoms with Gasteiger partial charge >= 0.3 is 0 Å². The molecule has 1 atom stereocenters. The van der Waals surface area contributed by atoms with Crippen LogP contribution in [0.5, 0.6) is 0 Å². The Morgan fingerprint density at radius 1 is 1.43 bits per heavy atom. The zero-order valence-electron chi connectivity index (χ0n) is 13.0. The average molecular weight is 313 g/mol. The zero-order valence-corrected chi connectivity index (χ0v) is 13.0. The van der Waals surface area contributed by atoms with Crippen LogP contribution in [0, 0.1) is 0 Å². The van der Waals surface area contributed by atoms with E-state index in [0.717, 1.165) is 13.0 Å². The van der Waals surface area contributed by atoms with Crippen LogP contribution in [0.25, 0.3) is 0 Å². The Hall–Kier alpha value is -2.70. The van der Waals surface area contributed by atoms with Crippen LogP contribution in [0.3, 0.4) is 0 Å². The number of hydrogen-bond donors (Lipinski definition) is 1. The Balaban J connectivity index is 1.61. The SMILES string of the molecule is CC1(C(=O)NCCCn2ccnc2)CC(=O)N=C2C=CC=CN21. The number of rotatable bonds is 5. The van der Waals surface area contributed by atoms with Crippen molar-refractivity contribution in [2.45, 2.75) is 31.8 Å². The van der Waals surface area contributed by atoms with Gasteiger partial charge in [-0.25, -0.2) is 4.98 Å². The predicted octanol–water partition coefficient (Wildman–Crippen LogP) is 0.862. The number of carbonyl (C=O) groups excluding carboxylic acids is 2. The molecule has 2 aliphatic heterocycles. The standard InChI is InChI=1S/C16H19N5O2/c1-16(11-14(22)19-13-5-2-3-9-21(13)16)15(23)18-6-4-8-20-10-7-17-12-20/h2-3,5,7,9-10,12H,4,6,8,11H2,1H3,(H,18,23). The molecule has 1 aromatic heterocycles. The largest absolute Gasteiger partial charge is 0.354 e. The Kier molecular flexibility index (Phi) is 4.10. The van der Waals surface area contributed by atoms with Crippen LogP contribution in [0.15, 0.2) is 48.1 Å². The van der Waals surface area contributed by atoms with Gasteiger partial charge in [0.05, 0.1) is 12.7 Å². The molecule has 0 fully saturated rings. The molecule has 3 rings (SSSR count). The summed E-state index contributed by atoms with van der Waals surface area (Å²) < 4.78 is 1.96. The number of aliphatic imine (C=N–C) groups is 1. The van der Waals surface area contributed by atoms with Crippen LogP contribution in [0.2, 0.25) is 0 Å². The monoisotopic (exact) mass is 313 g/mol. The van der Waals surface area contributed by atoms with Gasteiger partial charge in [-0.1, -0.05) is 6.08 Å². The molecular weight excluding hydrogens is 294 g/mol. The fourth-order valence-corrected chi connectivity index (χ4v) is 2.75. The molecule has 3 heterocycles. The minimum absolute atomic E-state index is 0.0715. The zero-order chi connectivity index (χ0) is 16.3. The Labute approximate surface area is 134 Å². The van der Waals surface area contributed by atoms with Gasteiger partial charge in [0.1, 0.15) is 11.4 Å². The molecule has 0 saturated heterocycles. The van der Waals surface area contributed by atoms with E-state index in [9.17, 15) is 9.59 Å². The smallest absolute Gasteiger partial charge is 0.250 e. The van der Waals surface area contributed by atoms with Crippen LogP contribution >= 0.6 is 0 Å².